The minimum atomic E-state index is -0.784. The van der Waals surface area contributed by atoms with Gasteiger partial charge in [0, 0.05) is 0 Å². The lowest BCUT2D eigenvalue weighted by molar-refractivity contribution is -0.146. The van der Waals surface area contributed by atoms with E-state index in [1.165, 1.54) is 0 Å². The predicted molar refractivity (Wildman–Crippen MR) is 48.6 cm³/mol. The van der Waals surface area contributed by atoms with Crippen molar-refractivity contribution in [3.8, 4) is 0 Å². The molecule has 0 aliphatic heterocycles. The van der Waals surface area contributed by atoms with E-state index in [1.54, 1.807) is 20.1 Å². The summed E-state index contributed by atoms with van der Waals surface area (Å²) in [4.78, 5) is 10.8. The Morgan fingerprint density at radius 1 is 1.62 bits per heavy atom. The average Bonchev–Trinajstić information content (AvgIpc) is 2.35. The predicted octanol–water partition coefficient (Wildman–Crippen LogP) is 2.24. The first-order valence-corrected chi connectivity index (χ1v) is 4.20. The zero-order valence-electron chi connectivity index (χ0n) is 8.13. The van der Waals surface area contributed by atoms with Gasteiger partial charge in [-0.15, -0.1) is 0 Å². The Morgan fingerprint density at radius 2 is 2.23 bits per heavy atom. The second-order valence-electron chi connectivity index (χ2n) is 3.87. The van der Waals surface area contributed by atoms with Crippen LogP contribution in [0.2, 0.25) is 0 Å². The highest BCUT2D eigenvalue weighted by atomic mass is 16.4. The standard InChI is InChI=1S/C10H14O3/c1-7-8(4-5-13-7)6-10(2,3)9(11)12/h4-5H,6H2,1-3H3,(H,11,12). The lowest BCUT2D eigenvalue weighted by Crippen LogP contribution is -2.26. The van der Waals surface area contributed by atoms with Crippen LogP contribution < -0.4 is 0 Å². The number of furan rings is 1. The lowest BCUT2D eigenvalue weighted by atomic mass is 9.86. The fourth-order valence-corrected chi connectivity index (χ4v) is 1.15. The summed E-state index contributed by atoms with van der Waals surface area (Å²) >= 11 is 0. The monoisotopic (exact) mass is 182 g/mol. The lowest BCUT2D eigenvalue weighted by Gasteiger charge is -2.17. The summed E-state index contributed by atoms with van der Waals surface area (Å²) in [6.07, 6.45) is 2.09. The summed E-state index contributed by atoms with van der Waals surface area (Å²) in [5.41, 5.74) is 0.238. The van der Waals surface area contributed by atoms with Crippen molar-refractivity contribution in [3.63, 3.8) is 0 Å². The fourth-order valence-electron chi connectivity index (χ4n) is 1.15. The Balaban J connectivity index is 2.80. The summed E-state index contributed by atoms with van der Waals surface area (Å²) < 4.78 is 5.10. The molecule has 0 bridgehead atoms. The van der Waals surface area contributed by atoms with Gasteiger partial charge in [-0.1, -0.05) is 0 Å². The Kier molecular flexibility index (Phi) is 2.45. The zero-order valence-corrected chi connectivity index (χ0v) is 8.13. The first-order chi connectivity index (χ1) is 5.93. The smallest absolute Gasteiger partial charge is 0.309 e. The number of aliphatic carboxylic acids is 1. The zero-order chi connectivity index (χ0) is 10.1. The Hall–Kier alpha value is -1.25. The van der Waals surface area contributed by atoms with Gasteiger partial charge < -0.3 is 9.52 Å². The molecule has 0 saturated carbocycles. The average molecular weight is 182 g/mol. The van der Waals surface area contributed by atoms with Crippen molar-refractivity contribution in [2.45, 2.75) is 27.2 Å². The molecule has 3 nitrogen and oxygen atoms in total. The third kappa shape index (κ3) is 2.11. The van der Waals surface area contributed by atoms with Crippen molar-refractivity contribution in [2.24, 2.45) is 5.41 Å². The second kappa shape index (κ2) is 3.24. The summed E-state index contributed by atoms with van der Waals surface area (Å²) in [5, 5.41) is 8.90. The Morgan fingerprint density at radius 3 is 2.62 bits per heavy atom. The minimum absolute atomic E-state index is 0.505. The third-order valence-electron chi connectivity index (χ3n) is 2.18. The van der Waals surface area contributed by atoms with Crippen LogP contribution in [-0.2, 0) is 11.2 Å². The van der Waals surface area contributed by atoms with Crippen LogP contribution in [0.15, 0.2) is 16.7 Å². The van der Waals surface area contributed by atoms with Gasteiger partial charge in [-0.05, 0) is 38.8 Å². The molecule has 3 heteroatoms. The van der Waals surface area contributed by atoms with Crippen molar-refractivity contribution in [3.05, 3.63) is 23.7 Å². The Labute approximate surface area is 77.4 Å². The molecule has 1 N–H and O–H groups in total. The molecule has 0 aliphatic carbocycles. The molecule has 1 heterocycles. The molecule has 0 atom stereocenters. The van der Waals surface area contributed by atoms with E-state index in [-0.39, 0.29) is 0 Å². The number of rotatable bonds is 3. The number of carboxylic acids is 1. The van der Waals surface area contributed by atoms with E-state index in [1.807, 2.05) is 13.0 Å². The van der Waals surface area contributed by atoms with Crippen molar-refractivity contribution < 1.29 is 14.3 Å². The maximum atomic E-state index is 10.8. The van der Waals surface area contributed by atoms with Crippen molar-refractivity contribution in [1.82, 2.24) is 0 Å². The van der Waals surface area contributed by atoms with Crippen LogP contribution in [0.3, 0.4) is 0 Å². The highest BCUT2D eigenvalue weighted by Crippen LogP contribution is 2.24. The van der Waals surface area contributed by atoms with Crippen LogP contribution in [0.25, 0.3) is 0 Å². The molecule has 0 aromatic carbocycles. The van der Waals surface area contributed by atoms with Crippen LogP contribution in [-0.4, -0.2) is 11.1 Å². The van der Waals surface area contributed by atoms with Crippen molar-refractivity contribution >= 4 is 5.97 Å². The van der Waals surface area contributed by atoms with Crippen LogP contribution in [0.5, 0.6) is 0 Å². The topological polar surface area (TPSA) is 50.4 Å². The van der Waals surface area contributed by atoms with Gasteiger partial charge in [0.25, 0.3) is 0 Å². The molecule has 0 aliphatic rings. The first-order valence-electron chi connectivity index (χ1n) is 4.20. The van der Waals surface area contributed by atoms with Gasteiger partial charge >= 0.3 is 5.97 Å². The fraction of sp³-hybridized carbons (Fsp3) is 0.500. The quantitative estimate of drug-likeness (QED) is 0.779. The third-order valence-corrected chi connectivity index (χ3v) is 2.18. The number of carbonyl (C=O) groups is 1. The number of hydrogen-bond acceptors (Lipinski definition) is 2. The van der Waals surface area contributed by atoms with Gasteiger partial charge in [-0.3, -0.25) is 4.79 Å². The molecule has 1 aromatic rings. The van der Waals surface area contributed by atoms with Crippen LogP contribution >= 0.6 is 0 Å². The molecule has 1 rings (SSSR count). The summed E-state index contributed by atoms with van der Waals surface area (Å²) in [6, 6.07) is 1.82. The van der Waals surface area contributed by atoms with Crippen LogP contribution in [0, 0.1) is 12.3 Å². The molecule has 0 fully saturated rings. The Bertz CT molecular complexity index is 310. The van der Waals surface area contributed by atoms with Gasteiger partial charge in [0.1, 0.15) is 5.76 Å². The summed E-state index contributed by atoms with van der Waals surface area (Å²) in [5.74, 6) is 0.0161. The van der Waals surface area contributed by atoms with Gasteiger partial charge in [0.05, 0.1) is 11.7 Å². The van der Waals surface area contributed by atoms with Gasteiger partial charge in [-0.25, -0.2) is 0 Å². The van der Waals surface area contributed by atoms with Crippen LogP contribution in [0.1, 0.15) is 25.2 Å². The van der Waals surface area contributed by atoms with E-state index in [0.29, 0.717) is 6.42 Å². The summed E-state index contributed by atoms with van der Waals surface area (Å²) in [6.45, 7) is 5.26. The van der Waals surface area contributed by atoms with E-state index in [4.69, 9.17) is 9.52 Å². The van der Waals surface area contributed by atoms with Gasteiger partial charge in [-0.2, -0.15) is 0 Å². The van der Waals surface area contributed by atoms with Crippen molar-refractivity contribution in [1.29, 1.82) is 0 Å². The molecule has 0 unspecified atom stereocenters. The highest BCUT2D eigenvalue weighted by Gasteiger charge is 2.28. The first kappa shape index (κ1) is 9.84. The number of hydrogen-bond donors (Lipinski definition) is 1. The van der Waals surface area contributed by atoms with E-state index in [9.17, 15) is 4.79 Å². The molecule has 0 saturated heterocycles. The second-order valence-corrected chi connectivity index (χ2v) is 3.87. The highest BCUT2D eigenvalue weighted by molar-refractivity contribution is 5.74. The molecule has 13 heavy (non-hydrogen) atoms. The van der Waals surface area contributed by atoms with E-state index in [2.05, 4.69) is 0 Å². The van der Waals surface area contributed by atoms with Gasteiger partial charge in [0.15, 0.2) is 0 Å². The normalized spacial score (nSPS) is 11.6. The minimum Gasteiger partial charge on any atom is -0.481 e. The summed E-state index contributed by atoms with van der Waals surface area (Å²) in [7, 11) is 0. The molecule has 0 amide bonds. The van der Waals surface area contributed by atoms with E-state index < -0.39 is 11.4 Å². The van der Waals surface area contributed by atoms with Gasteiger partial charge in [0.2, 0.25) is 0 Å². The molecular formula is C10H14O3. The van der Waals surface area contributed by atoms with E-state index in [0.717, 1.165) is 11.3 Å². The molecule has 0 radical (unpaired) electrons. The van der Waals surface area contributed by atoms with E-state index >= 15 is 0 Å². The number of carboxylic acid groups (broad SMARTS) is 1. The molecule has 0 spiro atoms. The maximum absolute atomic E-state index is 10.8. The van der Waals surface area contributed by atoms with Crippen molar-refractivity contribution in [2.75, 3.05) is 0 Å². The molecule has 1 aromatic heterocycles. The van der Waals surface area contributed by atoms with Crippen LogP contribution in [0.4, 0.5) is 0 Å². The maximum Gasteiger partial charge on any atom is 0.309 e. The SMILES string of the molecule is Cc1occc1CC(C)(C)C(=O)O. The number of aryl methyl sites for hydroxylation is 1. The largest absolute Gasteiger partial charge is 0.481 e. The molecule has 72 valence electrons. The molecular weight excluding hydrogens is 168 g/mol.